The summed E-state index contributed by atoms with van der Waals surface area (Å²) in [6.07, 6.45) is 2.07. The Bertz CT molecular complexity index is 200. The third kappa shape index (κ3) is 3.26. The highest BCUT2D eigenvalue weighted by atomic mass is 32.2. The predicted molar refractivity (Wildman–Crippen MR) is 35.6 cm³/mol. The van der Waals surface area contributed by atoms with Crippen LogP contribution in [0.1, 0.15) is 20.3 Å². The first kappa shape index (κ1) is 8.65. The predicted octanol–water partition coefficient (Wildman–Crippen LogP) is 1.19. The van der Waals surface area contributed by atoms with Gasteiger partial charge in [-0.25, -0.2) is 0 Å². The van der Waals surface area contributed by atoms with Gasteiger partial charge in [-0.2, -0.15) is 8.42 Å². The van der Waals surface area contributed by atoms with E-state index < -0.39 is 10.1 Å². The average molecular weight is 150 g/mol. The molecule has 0 aromatic heterocycles. The van der Waals surface area contributed by atoms with E-state index in [1.54, 1.807) is 6.92 Å². The summed E-state index contributed by atoms with van der Waals surface area (Å²) in [5.74, 6) is 0. The molecule has 0 unspecified atom stereocenters. The first-order valence-electron chi connectivity index (χ1n) is 2.62. The molecule has 54 valence electrons. The van der Waals surface area contributed by atoms with Gasteiger partial charge in [0.1, 0.15) is 0 Å². The Labute approximate surface area is 55.1 Å². The highest BCUT2D eigenvalue weighted by molar-refractivity contribution is 7.89. The Morgan fingerprint density at radius 3 is 2.22 bits per heavy atom. The molecule has 0 radical (unpaired) electrons. The molecular formula is C5H10O3S. The lowest BCUT2D eigenvalue weighted by atomic mass is 10.4. The van der Waals surface area contributed by atoms with Crippen molar-refractivity contribution in [1.82, 2.24) is 0 Å². The first-order valence-corrected chi connectivity index (χ1v) is 4.06. The van der Waals surface area contributed by atoms with Crippen LogP contribution < -0.4 is 0 Å². The Hall–Kier alpha value is -0.350. The molecule has 0 saturated heterocycles. The van der Waals surface area contributed by atoms with Crippen LogP contribution in [0, 0.1) is 0 Å². The molecule has 0 aliphatic carbocycles. The molecule has 0 aromatic carbocycles. The van der Waals surface area contributed by atoms with Crippen LogP contribution in [0.4, 0.5) is 0 Å². The zero-order valence-electron chi connectivity index (χ0n) is 5.46. The maximum Gasteiger partial charge on any atom is 0.290 e. The lowest BCUT2D eigenvalue weighted by molar-refractivity contribution is 0.491. The van der Waals surface area contributed by atoms with Crippen LogP contribution in [-0.2, 0) is 10.1 Å². The molecule has 1 N–H and O–H groups in total. The van der Waals surface area contributed by atoms with Crippen molar-refractivity contribution in [2.24, 2.45) is 0 Å². The summed E-state index contributed by atoms with van der Waals surface area (Å²) in [6, 6.07) is 0. The van der Waals surface area contributed by atoms with Crippen molar-refractivity contribution in [3.8, 4) is 0 Å². The zero-order chi connectivity index (χ0) is 7.49. The van der Waals surface area contributed by atoms with Crippen LogP contribution in [0.25, 0.3) is 0 Å². The molecule has 3 nitrogen and oxygen atoms in total. The van der Waals surface area contributed by atoms with Crippen molar-refractivity contribution in [2.75, 3.05) is 0 Å². The van der Waals surface area contributed by atoms with Gasteiger partial charge >= 0.3 is 0 Å². The van der Waals surface area contributed by atoms with E-state index in [4.69, 9.17) is 4.55 Å². The minimum absolute atomic E-state index is 0.0185. The molecule has 0 bridgehead atoms. The molecule has 0 rings (SSSR count). The van der Waals surface area contributed by atoms with Gasteiger partial charge in [0.05, 0.1) is 4.91 Å². The molecule has 9 heavy (non-hydrogen) atoms. The highest BCUT2D eigenvalue weighted by Crippen LogP contribution is 2.02. The fraction of sp³-hybridized carbons (Fsp3) is 0.600. The van der Waals surface area contributed by atoms with Crippen molar-refractivity contribution in [3.05, 3.63) is 11.0 Å². The topological polar surface area (TPSA) is 54.4 Å². The van der Waals surface area contributed by atoms with Crippen LogP contribution in [0.2, 0.25) is 0 Å². The molecule has 0 aromatic rings. The highest BCUT2D eigenvalue weighted by Gasteiger charge is 2.04. The lowest BCUT2D eigenvalue weighted by Gasteiger charge is -1.91. The monoisotopic (exact) mass is 150 g/mol. The average Bonchev–Trinajstić information content (AvgIpc) is 1.64. The maximum absolute atomic E-state index is 10.2. The van der Waals surface area contributed by atoms with Gasteiger partial charge < -0.3 is 0 Å². The second kappa shape index (κ2) is 2.98. The molecule has 0 aliphatic rings. The van der Waals surface area contributed by atoms with Crippen molar-refractivity contribution < 1.29 is 13.0 Å². The quantitative estimate of drug-likeness (QED) is 0.601. The summed E-state index contributed by atoms with van der Waals surface area (Å²) in [5, 5.41) is 0. The first-order chi connectivity index (χ1) is 3.98. The summed E-state index contributed by atoms with van der Waals surface area (Å²) >= 11 is 0. The van der Waals surface area contributed by atoms with E-state index in [-0.39, 0.29) is 4.91 Å². The van der Waals surface area contributed by atoms with Gasteiger partial charge in [0.2, 0.25) is 0 Å². The Morgan fingerprint density at radius 1 is 1.67 bits per heavy atom. The Kier molecular flexibility index (Phi) is 2.87. The van der Waals surface area contributed by atoms with E-state index in [0.717, 1.165) is 0 Å². The largest absolute Gasteiger partial charge is 0.290 e. The van der Waals surface area contributed by atoms with Crippen molar-refractivity contribution in [1.29, 1.82) is 0 Å². The summed E-state index contributed by atoms with van der Waals surface area (Å²) in [6.45, 7) is 3.16. The van der Waals surface area contributed by atoms with Crippen LogP contribution in [-0.4, -0.2) is 13.0 Å². The maximum atomic E-state index is 10.2. The molecule has 4 heteroatoms. The number of rotatable bonds is 2. The van der Waals surface area contributed by atoms with Crippen LogP contribution in [0.3, 0.4) is 0 Å². The molecule has 0 fully saturated rings. The second-order valence-electron chi connectivity index (χ2n) is 1.70. The van der Waals surface area contributed by atoms with Crippen LogP contribution >= 0.6 is 0 Å². The summed E-state index contributed by atoms with van der Waals surface area (Å²) < 4.78 is 28.7. The zero-order valence-corrected chi connectivity index (χ0v) is 6.27. The van der Waals surface area contributed by atoms with E-state index in [1.807, 2.05) is 0 Å². The minimum atomic E-state index is -3.90. The third-order valence-electron chi connectivity index (χ3n) is 0.898. The number of hydrogen-bond acceptors (Lipinski definition) is 2. The van der Waals surface area contributed by atoms with Gasteiger partial charge in [0.25, 0.3) is 10.1 Å². The van der Waals surface area contributed by atoms with Gasteiger partial charge in [-0.15, -0.1) is 0 Å². The molecule has 0 aliphatic heterocycles. The van der Waals surface area contributed by atoms with Gasteiger partial charge in [-0.3, -0.25) is 4.55 Å². The van der Waals surface area contributed by atoms with Gasteiger partial charge in [0, 0.05) is 0 Å². The van der Waals surface area contributed by atoms with E-state index in [1.165, 1.54) is 13.0 Å². The van der Waals surface area contributed by atoms with E-state index in [0.29, 0.717) is 6.42 Å². The summed E-state index contributed by atoms with van der Waals surface area (Å²) in [5.41, 5.74) is 0. The fourth-order valence-corrected chi connectivity index (χ4v) is 0.770. The molecule has 0 saturated carbocycles. The molecule has 0 spiro atoms. The number of allylic oxidation sites excluding steroid dienone is 2. The van der Waals surface area contributed by atoms with Crippen molar-refractivity contribution in [3.63, 3.8) is 0 Å². The lowest BCUT2D eigenvalue weighted by Crippen LogP contribution is -1.97. The van der Waals surface area contributed by atoms with Crippen LogP contribution in [0.15, 0.2) is 11.0 Å². The molecule has 0 atom stereocenters. The molecule has 0 heterocycles. The van der Waals surface area contributed by atoms with Gasteiger partial charge in [-0.05, 0) is 13.3 Å². The Balaban J connectivity index is 4.41. The fourth-order valence-electron chi connectivity index (χ4n) is 0.393. The van der Waals surface area contributed by atoms with E-state index >= 15 is 0 Å². The van der Waals surface area contributed by atoms with Crippen molar-refractivity contribution in [2.45, 2.75) is 20.3 Å². The van der Waals surface area contributed by atoms with Crippen LogP contribution in [0.5, 0.6) is 0 Å². The minimum Gasteiger partial charge on any atom is -0.282 e. The SMILES string of the molecule is CC/C=C(\C)S(=O)(=O)O. The third-order valence-corrected chi connectivity index (χ3v) is 1.88. The van der Waals surface area contributed by atoms with Gasteiger partial charge in [-0.1, -0.05) is 13.0 Å². The van der Waals surface area contributed by atoms with E-state index in [9.17, 15) is 8.42 Å². The van der Waals surface area contributed by atoms with E-state index in [2.05, 4.69) is 0 Å². The summed E-state index contributed by atoms with van der Waals surface area (Å²) in [4.78, 5) is 0.0185. The standard InChI is InChI=1S/C5H10O3S/c1-3-4-5(2)9(6,7)8/h4H,3H2,1-2H3,(H,6,7,8)/b5-4+. The normalized spacial score (nSPS) is 13.9. The number of hydrogen-bond donors (Lipinski definition) is 1. The molecule has 0 amide bonds. The summed E-state index contributed by atoms with van der Waals surface area (Å²) in [7, 11) is -3.90. The van der Waals surface area contributed by atoms with Gasteiger partial charge in [0.15, 0.2) is 0 Å². The molecular weight excluding hydrogens is 140 g/mol. The van der Waals surface area contributed by atoms with Crippen molar-refractivity contribution >= 4 is 10.1 Å². The Morgan fingerprint density at radius 2 is 2.11 bits per heavy atom. The second-order valence-corrected chi connectivity index (χ2v) is 3.29. The smallest absolute Gasteiger partial charge is 0.282 e.